The van der Waals surface area contributed by atoms with E-state index in [0.29, 0.717) is 0 Å². The van der Waals surface area contributed by atoms with E-state index in [1.54, 1.807) is 0 Å². The molecule has 0 aromatic heterocycles. The third-order valence-corrected chi connectivity index (χ3v) is 0.462. The monoisotopic (exact) mass is 114 g/mol. The Morgan fingerprint density at radius 1 is 1.88 bits per heavy atom. The molecule has 0 radical (unpaired) electrons. The maximum Gasteiger partial charge on any atom is 0.247 e. The summed E-state index contributed by atoms with van der Waals surface area (Å²) in [6.07, 6.45) is 2.38. The van der Waals surface area contributed by atoms with Crippen molar-refractivity contribution in [2.24, 2.45) is 5.73 Å². The zero-order chi connectivity index (χ0) is 6.57. The second kappa shape index (κ2) is 2.90. The van der Waals surface area contributed by atoms with E-state index >= 15 is 0 Å². The number of hydrogen-bond acceptors (Lipinski definition) is 2. The van der Waals surface area contributed by atoms with Crippen molar-refractivity contribution in [2.75, 3.05) is 7.05 Å². The van der Waals surface area contributed by atoms with E-state index in [9.17, 15) is 4.79 Å². The Kier molecular flexibility index (Phi) is 2.47. The van der Waals surface area contributed by atoms with Crippen molar-refractivity contribution in [3.8, 4) is 0 Å². The number of carbonyl (C=O) groups is 1. The largest absolute Gasteiger partial charge is 0.366 e. The third kappa shape index (κ3) is 4.81. The van der Waals surface area contributed by atoms with Crippen molar-refractivity contribution >= 4 is 5.91 Å². The fraction of sp³-hybridized carbons (Fsp3) is 0.250. The van der Waals surface area contributed by atoms with Gasteiger partial charge in [-0.2, -0.15) is 0 Å². The van der Waals surface area contributed by atoms with Crippen LogP contribution in [0.15, 0.2) is 12.3 Å². The molecule has 0 aromatic carbocycles. The minimum atomic E-state index is -0.538. The van der Waals surface area contributed by atoms with Crippen LogP contribution in [0.5, 0.6) is 0 Å². The summed E-state index contributed by atoms with van der Waals surface area (Å²) in [7, 11) is 1.49. The predicted octanol–water partition coefficient (Wildman–Crippen LogP) is -0.341. The number of nitrogens with one attached hydrogen (secondary N) is 1. The van der Waals surface area contributed by atoms with E-state index in [1.807, 2.05) is 0 Å². The first-order valence-electron chi connectivity index (χ1n) is 2.04. The van der Waals surface area contributed by atoms with Crippen LogP contribution < -0.4 is 5.73 Å². The van der Waals surface area contributed by atoms with Crippen molar-refractivity contribution in [1.29, 1.82) is 5.53 Å². The normalized spacial score (nSPS) is 9.62. The van der Waals surface area contributed by atoms with Gasteiger partial charge in [-0.3, -0.25) is 4.79 Å². The molecule has 0 aromatic rings. The van der Waals surface area contributed by atoms with Crippen LogP contribution in [0.25, 0.3) is 0 Å². The van der Waals surface area contributed by atoms with Crippen LogP contribution >= 0.6 is 0 Å². The molecule has 4 heteroatoms. The van der Waals surface area contributed by atoms with Crippen LogP contribution in [0.2, 0.25) is 0 Å². The molecule has 0 aliphatic rings. The molecule has 0 unspecified atom stereocenters. The quantitative estimate of drug-likeness (QED) is 0.288. The van der Waals surface area contributed by atoms with Gasteiger partial charge in [0.2, 0.25) is 12.1 Å². The summed E-state index contributed by atoms with van der Waals surface area (Å²) in [5.41, 5.74) is 11.4. The van der Waals surface area contributed by atoms with Crippen LogP contribution in [0.4, 0.5) is 0 Å². The summed E-state index contributed by atoms with van der Waals surface area (Å²) in [6.45, 7) is 0. The molecule has 0 atom stereocenters. The molecule has 0 rings (SSSR count). The number of carbonyl (C=O) groups excluding carboxylic acids is 1. The Balaban J connectivity index is 3.67. The molecule has 3 N–H and O–H groups in total. The molecule has 0 aliphatic heterocycles. The van der Waals surface area contributed by atoms with Gasteiger partial charge in [-0.15, -0.1) is 4.70 Å². The fourth-order valence-corrected chi connectivity index (χ4v) is 0.185. The molecule has 0 saturated carbocycles. The first kappa shape index (κ1) is 6.81. The highest BCUT2D eigenvalue weighted by Gasteiger charge is 1.85. The second-order valence-electron chi connectivity index (χ2n) is 1.33. The summed E-state index contributed by atoms with van der Waals surface area (Å²) in [5.74, 6) is -0.538. The standard InChI is InChI=1S/C4H7N3O/c1-7(6)3-2-4(5)8/h2-3,6H,1H3,(H-,5,8)/p+1/b3-2+,7-6?. The van der Waals surface area contributed by atoms with E-state index in [1.165, 1.54) is 13.2 Å². The summed E-state index contributed by atoms with van der Waals surface area (Å²) >= 11 is 0. The third-order valence-electron chi connectivity index (χ3n) is 0.462. The van der Waals surface area contributed by atoms with Gasteiger partial charge in [0.05, 0.1) is 6.08 Å². The Morgan fingerprint density at radius 2 is 2.38 bits per heavy atom. The van der Waals surface area contributed by atoms with Gasteiger partial charge < -0.3 is 5.73 Å². The average molecular weight is 114 g/mol. The van der Waals surface area contributed by atoms with E-state index in [-0.39, 0.29) is 0 Å². The van der Waals surface area contributed by atoms with Gasteiger partial charge in [0, 0.05) is 0 Å². The topological polar surface area (TPSA) is 69.9 Å². The molecule has 0 heterocycles. The van der Waals surface area contributed by atoms with Crippen LogP contribution in [0, 0.1) is 5.53 Å². The highest BCUT2D eigenvalue weighted by Crippen LogP contribution is 1.68. The Morgan fingerprint density at radius 3 is 2.50 bits per heavy atom. The predicted molar refractivity (Wildman–Crippen MR) is 27.2 cm³/mol. The van der Waals surface area contributed by atoms with Gasteiger partial charge in [0.15, 0.2) is 7.05 Å². The number of nitrogens with two attached hydrogens (primary N) is 1. The van der Waals surface area contributed by atoms with Gasteiger partial charge in [0.1, 0.15) is 0 Å². The Hall–Kier alpha value is -1.19. The SMILES string of the molecule is C[N+](=N)/C=C/C(N)=O. The van der Waals surface area contributed by atoms with E-state index < -0.39 is 5.91 Å². The van der Waals surface area contributed by atoms with E-state index in [2.05, 4.69) is 0 Å². The van der Waals surface area contributed by atoms with Crippen LogP contribution in [-0.4, -0.2) is 17.7 Å². The number of nitrogens with zero attached hydrogens (tertiary/aromatic N) is 1. The molecule has 0 bridgehead atoms. The van der Waals surface area contributed by atoms with Crippen molar-refractivity contribution in [3.63, 3.8) is 0 Å². The van der Waals surface area contributed by atoms with Crippen molar-refractivity contribution < 1.29 is 9.49 Å². The Labute approximate surface area is 47.1 Å². The van der Waals surface area contributed by atoms with Gasteiger partial charge in [0.25, 0.3) is 0 Å². The maximum atomic E-state index is 9.93. The molecule has 0 fully saturated rings. The second-order valence-corrected chi connectivity index (χ2v) is 1.33. The first-order chi connectivity index (χ1) is 3.63. The molecule has 4 nitrogen and oxygen atoms in total. The lowest BCUT2D eigenvalue weighted by Gasteiger charge is -1.74. The highest BCUT2D eigenvalue weighted by atomic mass is 16.1. The van der Waals surface area contributed by atoms with Crippen molar-refractivity contribution in [2.45, 2.75) is 0 Å². The number of primary amides is 1. The molecule has 44 valence electrons. The number of amides is 1. The number of hydrogen-bond donors (Lipinski definition) is 2. The van der Waals surface area contributed by atoms with Crippen molar-refractivity contribution in [1.82, 2.24) is 0 Å². The number of rotatable bonds is 2. The summed E-state index contributed by atoms with van der Waals surface area (Å²) in [5, 5.41) is 0. The van der Waals surface area contributed by atoms with Gasteiger partial charge in [-0.05, 0) is 0 Å². The summed E-state index contributed by atoms with van der Waals surface area (Å²) in [4.78, 5) is 9.93. The molecule has 0 spiro atoms. The summed E-state index contributed by atoms with van der Waals surface area (Å²) in [6, 6.07) is 0. The average Bonchev–Trinajstić information content (AvgIpc) is 1.61. The lowest BCUT2D eigenvalue weighted by Crippen LogP contribution is -2.06. The molecule has 8 heavy (non-hydrogen) atoms. The lowest BCUT2D eigenvalue weighted by molar-refractivity contribution is -0.520. The van der Waals surface area contributed by atoms with Gasteiger partial charge in [-0.1, -0.05) is 5.53 Å². The van der Waals surface area contributed by atoms with Crippen LogP contribution in [0.1, 0.15) is 0 Å². The van der Waals surface area contributed by atoms with Gasteiger partial charge in [-0.25, -0.2) is 0 Å². The minimum Gasteiger partial charge on any atom is -0.366 e. The molecular weight excluding hydrogens is 106 g/mol. The smallest absolute Gasteiger partial charge is 0.247 e. The molecule has 1 amide bonds. The van der Waals surface area contributed by atoms with Crippen LogP contribution in [-0.2, 0) is 4.79 Å². The first-order valence-corrected chi connectivity index (χ1v) is 2.04. The minimum absolute atomic E-state index is 0.538. The molecule has 0 aliphatic carbocycles. The Bertz CT molecular complexity index is 122. The molecular formula is C4H8N3O+. The zero-order valence-electron chi connectivity index (χ0n) is 4.59. The van der Waals surface area contributed by atoms with Gasteiger partial charge >= 0.3 is 0 Å². The maximum absolute atomic E-state index is 9.93. The summed E-state index contributed by atoms with van der Waals surface area (Å²) < 4.78 is 0.991. The molecule has 0 saturated heterocycles. The zero-order valence-corrected chi connectivity index (χ0v) is 4.59. The van der Waals surface area contributed by atoms with Crippen LogP contribution in [0.3, 0.4) is 0 Å². The van der Waals surface area contributed by atoms with Crippen molar-refractivity contribution in [3.05, 3.63) is 12.3 Å². The fourth-order valence-electron chi connectivity index (χ4n) is 0.185. The van der Waals surface area contributed by atoms with E-state index in [4.69, 9.17) is 11.3 Å². The highest BCUT2D eigenvalue weighted by molar-refractivity contribution is 5.85. The lowest BCUT2D eigenvalue weighted by atomic mass is 10.6. The van der Waals surface area contributed by atoms with E-state index in [0.717, 1.165) is 10.8 Å².